The second kappa shape index (κ2) is 15.7. The molecule has 218 valence electrons. The van der Waals surface area contributed by atoms with Gasteiger partial charge in [-0.1, -0.05) is 57.0 Å². The van der Waals surface area contributed by atoms with Crippen molar-refractivity contribution in [3.8, 4) is 0 Å². The minimum atomic E-state index is -4.21. The van der Waals surface area contributed by atoms with Crippen LogP contribution < -0.4 is 10.0 Å². The van der Waals surface area contributed by atoms with Crippen LogP contribution in [0.3, 0.4) is 0 Å². The molecule has 9 nitrogen and oxygen atoms in total. The molecule has 0 atom stereocenters. The van der Waals surface area contributed by atoms with E-state index in [1.165, 1.54) is 42.0 Å². The topological polar surface area (TPSA) is 132 Å². The average Bonchev–Trinajstić information content (AvgIpc) is 2.97. The van der Waals surface area contributed by atoms with Gasteiger partial charge in [-0.15, -0.1) is 0 Å². The number of pyridine rings is 1. The third-order valence-electron chi connectivity index (χ3n) is 6.40. The maximum Gasteiger partial charge on any atom is 0.357 e. The number of carbonyl (C=O) groups excluding carboxylic acids is 3. The highest BCUT2D eigenvalue weighted by Gasteiger charge is 2.21. The molecule has 10 heteroatoms. The molecule has 1 aromatic heterocycles. The van der Waals surface area contributed by atoms with Crippen LogP contribution in [0.1, 0.15) is 89.1 Å². The molecule has 2 aromatic carbocycles. The van der Waals surface area contributed by atoms with Gasteiger partial charge >= 0.3 is 5.97 Å². The number of hydrogen-bond donors (Lipinski definition) is 2. The lowest BCUT2D eigenvalue weighted by Crippen LogP contribution is -2.31. The van der Waals surface area contributed by atoms with Gasteiger partial charge in [0.2, 0.25) is 0 Å². The number of rotatable bonds is 15. The first-order valence-corrected chi connectivity index (χ1v) is 15.4. The largest absolute Gasteiger partial charge is 0.458 e. The van der Waals surface area contributed by atoms with Crippen LogP contribution >= 0.6 is 0 Å². The Morgan fingerprint density at radius 1 is 0.829 bits per heavy atom. The van der Waals surface area contributed by atoms with Gasteiger partial charge in [0.15, 0.2) is 0 Å². The molecule has 41 heavy (non-hydrogen) atoms. The van der Waals surface area contributed by atoms with Gasteiger partial charge in [0, 0.05) is 18.3 Å². The van der Waals surface area contributed by atoms with Crippen molar-refractivity contribution in [2.45, 2.75) is 69.8 Å². The summed E-state index contributed by atoms with van der Waals surface area (Å²) in [6.07, 6.45) is 6.86. The minimum absolute atomic E-state index is 0.0340. The Labute approximate surface area is 241 Å². The van der Waals surface area contributed by atoms with Crippen LogP contribution in [0.2, 0.25) is 0 Å². The van der Waals surface area contributed by atoms with Gasteiger partial charge in [-0.2, -0.15) is 0 Å². The summed E-state index contributed by atoms with van der Waals surface area (Å²) in [6.45, 7) is 4.53. The number of sulfonamides is 1. The zero-order valence-electron chi connectivity index (χ0n) is 23.5. The summed E-state index contributed by atoms with van der Waals surface area (Å²) in [7, 11) is -4.21. The number of carbonyl (C=O) groups is 3. The highest BCUT2D eigenvalue weighted by atomic mass is 32.2. The number of amides is 2. The summed E-state index contributed by atoms with van der Waals surface area (Å²) in [5.74, 6) is -1.80. The van der Waals surface area contributed by atoms with Gasteiger partial charge in [-0.25, -0.2) is 22.9 Å². The van der Waals surface area contributed by atoms with E-state index in [9.17, 15) is 22.8 Å². The van der Waals surface area contributed by atoms with E-state index in [1.807, 2.05) is 36.8 Å². The first-order valence-electron chi connectivity index (χ1n) is 13.9. The van der Waals surface area contributed by atoms with Crippen LogP contribution in [0, 0.1) is 0 Å². The van der Waals surface area contributed by atoms with E-state index in [1.54, 1.807) is 0 Å². The SMILES string of the molecule is CCCC(CCC)OC(=O)c1ccc(C(=O)NS(=O)(=O)c2ccc(C(=O)NCCCCc3ccccc3)cc2)cn1. The summed E-state index contributed by atoms with van der Waals surface area (Å²) < 4.78 is 33.0. The molecule has 0 bridgehead atoms. The fourth-order valence-corrected chi connectivity index (χ4v) is 5.17. The number of aromatic nitrogens is 1. The Balaban J connectivity index is 1.50. The number of benzene rings is 2. The van der Waals surface area contributed by atoms with E-state index in [0.717, 1.165) is 51.1 Å². The Kier molecular flexibility index (Phi) is 12.0. The van der Waals surface area contributed by atoms with Crippen LogP contribution in [0.25, 0.3) is 0 Å². The van der Waals surface area contributed by atoms with Crippen LogP contribution in [0.15, 0.2) is 77.8 Å². The second-order valence-electron chi connectivity index (χ2n) is 9.69. The molecular weight excluding hydrogens is 542 g/mol. The standard InChI is InChI=1S/C31H37N3O6S/c1-3-10-26(11-4-2)40-31(37)28-20-17-25(22-33-28)30(36)34-41(38,39)27-18-15-24(16-19-27)29(35)32-21-9-8-14-23-12-6-5-7-13-23/h5-7,12-13,15-20,22,26H,3-4,8-11,14,21H2,1-2H3,(H,32,35)(H,34,36). The molecule has 0 radical (unpaired) electrons. The molecule has 0 aliphatic carbocycles. The quantitative estimate of drug-likeness (QED) is 0.190. The molecule has 0 saturated carbocycles. The first kappa shape index (κ1) is 31.5. The van der Waals surface area contributed by atoms with Crippen molar-refractivity contribution in [2.75, 3.05) is 6.54 Å². The fourth-order valence-electron chi connectivity index (χ4n) is 4.19. The summed E-state index contributed by atoms with van der Waals surface area (Å²) in [5.41, 5.74) is 1.56. The Hall–Kier alpha value is -4.05. The number of nitrogens with zero attached hydrogens (tertiary/aromatic N) is 1. The number of hydrogen-bond acceptors (Lipinski definition) is 7. The van der Waals surface area contributed by atoms with Crippen molar-refractivity contribution >= 4 is 27.8 Å². The molecule has 2 amide bonds. The maximum atomic E-state index is 12.8. The fraction of sp³-hybridized carbons (Fsp3) is 0.355. The molecule has 0 saturated heterocycles. The molecule has 0 fully saturated rings. The molecule has 0 aliphatic rings. The third-order valence-corrected chi connectivity index (χ3v) is 7.75. The lowest BCUT2D eigenvalue weighted by atomic mass is 10.1. The Morgan fingerprint density at radius 3 is 2.10 bits per heavy atom. The summed E-state index contributed by atoms with van der Waals surface area (Å²) in [6, 6.07) is 18.1. The van der Waals surface area contributed by atoms with Crippen molar-refractivity contribution in [3.63, 3.8) is 0 Å². The maximum absolute atomic E-state index is 12.8. The van der Waals surface area contributed by atoms with Crippen molar-refractivity contribution in [2.24, 2.45) is 0 Å². The summed E-state index contributed by atoms with van der Waals surface area (Å²) in [4.78, 5) is 41.2. The molecule has 3 rings (SSSR count). The van der Waals surface area contributed by atoms with Crippen molar-refractivity contribution < 1.29 is 27.5 Å². The third kappa shape index (κ3) is 9.82. The predicted octanol–water partition coefficient (Wildman–Crippen LogP) is 5.08. The summed E-state index contributed by atoms with van der Waals surface area (Å²) in [5, 5.41) is 2.83. The Morgan fingerprint density at radius 2 is 1.49 bits per heavy atom. The van der Waals surface area contributed by atoms with Crippen LogP contribution in [0.5, 0.6) is 0 Å². The lowest BCUT2D eigenvalue weighted by Gasteiger charge is -2.16. The predicted molar refractivity (Wildman–Crippen MR) is 156 cm³/mol. The zero-order chi connectivity index (χ0) is 29.7. The van der Waals surface area contributed by atoms with Gasteiger partial charge in [-0.05, 0) is 74.1 Å². The molecule has 2 N–H and O–H groups in total. The van der Waals surface area contributed by atoms with Gasteiger partial charge in [0.25, 0.3) is 21.8 Å². The normalized spacial score (nSPS) is 11.2. The molecule has 0 unspecified atom stereocenters. The molecule has 0 aliphatic heterocycles. The van der Waals surface area contributed by atoms with Crippen molar-refractivity contribution in [1.82, 2.24) is 15.0 Å². The van der Waals surface area contributed by atoms with Gasteiger partial charge in [0.05, 0.1) is 10.5 Å². The number of unbranched alkanes of at least 4 members (excludes halogenated alkanes) is 1. The number of nitrogens with one attached hydrogen (secondary N) is 2. The second-order valence-corrected chi connectivity index (χ2v) is 11.4. The minimum Gasteiger partial charge on any atom is -0.458 e. The zero-order valence-corrected chi connectivity index (χ0v) is 24.3. The van der Waals surface area contributed by atoms with Crippen molar-refractivity contribution in [3.05, 3.63) is 95.3 Å². The molecule has 3 aromatic rings. The van der Waals surface area contributed by atoms with Crippen LogP contribution in [-0.2, 0) is 21.2 Å². The van der Waals surface area contributed by atoms with E-state index in [2.05, 4.69) is 22.4 Å². The van der Waals surface area contributed by atoms with E-state index < -0.39 is 21.9 Å². The van der Waals surface area contributed by atoms with Gasteiger partial charge in [0.1, 0.15) is 11.8 Å². The number of ether oxygens (including phenoxy) is 1. The first-order chi connectivity index (χ1) is 19.7. The van der Waals surface area contributed by atoms with Crippen molar-refractivity contribution in [1.29, 1.82) is 0 Å². The highest BCUT2D eigenvalue weighted by molar-refractivity contribution is 7.90. The van der Waals surface area contributed by atoms with E-state index in [4.69, 9.17) is 4.74 Å². The number of aryl methyl sites for hydroxylation is 1. The van der Waals surface area contributed by atoms with Gasteiger partial charge < -0.3 is 10.1 Å². The molecule has 0 spiro atoms. The monoisotopic (exact) mass is 579 g/mol. The Bertz CT molecular complexity index is 1390. The van der Waals surface area contributed by atoms with E-state index in [-0.39, 0.29) is 28.2 Å². The van der Waals surface area contributed by atoms with E-state index in [0.29, 0.717) is 12.1 Å². The number of esters is 1. The molecular formula is C31H37N3O6S. The average molecular weight is 580 g/mol. The summed E-state index contributed by atoms with van der Waals surface area (Å²) >= 11 is 0. The van der Waals surface area contributed by atoms with Crippen LogP contribution in [-0.4, -0.2) is 43.8 Å². The van der Waals surface area contributed by atoms with Gasteiger partial charge in [-0.3, -0.25) is 9.59 Å². The van der Waals surface area contributed by atoms with E-state index >= 15 is 0 Å². The van der Waals surface area contributed by atoms with Crippen LogP contribution in [0.4, 0.5) is 0 Å². The molecule has 1 heterocycles. The lowest BCUT2D eigenvalue weighted by molar-refractivity contribution is 0.0251. The smallest absolute Gasteiger partial charge is 0.357 e. The highest BCUT2D eigenvalue weighted by Crippen LogP contribution is 2.14.